The third kappa shape index (κ3) is 7.82. The van der Waals surface area contributed by atoms with Gasteiger partial charge in [-0.3, -0.25) is 14.6 Å². The number of rotatable bonds is 7. The number of amides is 1. The van der Waals surface area contributed by atoms with E-state index in [1.54, 1.807) is 7.05 Å². The third-order valence-electron chi connectivity index (χ3n) is 11.6. The molecule has 0 unspecified atom stereocenters. The molecule has 18 heteroatoms. The first-order chi connectivity index (χ1) is 25.7. The minimum absolute atomic E-state index is 0.226. The van der Waals surface area contributed by atoms with Crippen LogP contribution in [0.5, 0.6) is 0 Å². The lowest BCUT2D eigenvalue weighted by Crippen LogP contribution is -2.60. The van der Waals surface area contributed by atoms with Crippen LogP contribution in [0.15, 0.2) is 30.5 Å². The lowest BCUT2D eigenvalue weighted by molar-refractivity contribution is -0.192. The predicted molar refractivity (Wildman–Crippen MR) is 188 cm³/mol. The van der Waals surface area contributed by atoms with Gasteiger partial charge in [0.2, 0.25) is 0 Å². The Morgan fingerprint density at radius 3 is 2.41 bits per heavy atom. The first kappa shape index (κ1) is 38.1. The SMILES string of the molecule is CNc1cc(N2CCc3c(CN4CC[C@@H](N5CCC6(CCNCC6)CC5)C(F)(F)C4)cccc32)nn2c(C(=O)N[C@@H]3C[C@@H]3F)cnc12.O=C(O)C(F)(F)F. The van der Waals surface area contributed by atoms with Crippen LogP contribution >= 0.6 is 0 Å². The van der Waals surface area contributed by atoms with Crippen molar-refractivity contribution in [1.29, 1.82) is 0 Å². The van der Waals surface area contributed by atoms with E-state index in [0.717, 1.165) is 62.3 Å². The molecule has 8 rings (SSSR count). The number of hydrogen-bond acceptors (Lipinski definition) is 9. The fourth-order valence-electron chi connectivity index (χ4n) is 8.47. The molecule has 5 aliphatic rings. The van der Waals surface area contributed by atoms with Gasteiger partial charge in [-0.05, 0) is 87.3 Å². The van der Waals surface area contributed by atoms with E-state index in [1.807, 2.05) is 23.1 Å². The molecule has 1 saturated carbocycles. The smallest absolute Gasteiger partial charge is 0.475 e. The fraction of sp³-hybridized carbons (Fsp3) is 0.611. The molecule has 1 aliphatic carbocycles. The Bertz CT molecular complexity index is 1860. The average molecular weight is 766 g/mol. The summed E-state index contributed by atoms with van der Waals surface area (Å²) in [5, 5.41) is 21.2. The summed E-state index contributed by atoms with van der Waals surface area (Å²) in [5.41, 5.74) is 4.99. The number of alkyl halides is 6. The minimum atomic E-state index is -5.08. The van der Waals surface area contributed by atoms with E-state index in [4.69, 9.17) is 15.0 Å². The zero-order chi connectivity index (χ0) is 38.4. The maximum atomic E-state index is 15.8. The van der Waals surface area contributed by atoms with Crippen LogP contribution < -0.4 is 20.9 Å². The van der Waals surface area contributed by atoms with E-state index in [-0.39, 0.29) is 12.2 Å². The second kappa shape index (κ2) is 14.8. The Morgan fingerprint density at radius 1 is 1.07 bits per heavy atom. The lowest BCUT2D eigenvalue weighted by Gasteiger charge is -2.50. The van der Waals surface area contributed by atoms with Gasteiger partial charge in [0.25, 0.3) is 11.8 Å². The number of anilines is 3. The number of halogens is 6. The number of piperidine rings is 3. The van der Waals surface area contributed by atoms with Crippen molar-refractivity contribution in [2.75, 3.05) is 63.1 Å². The topological polar surface area (TPSA) is 130 Å². The normalized spacial score (nSPS) is 25.2. The third-order valence-corrected chi connectivity index (χ3v) is 11.6. The summed E-state index contributed by atoms with van der Waals surface area (Å²) in [6.07, 6.45) is 1.33. The number of imidazole rings is 1. The first-order valence-electron chi connectivity index (χ1n) is 18.4. The maximum Gasteiger partial charge on any atom is 0.490 e. The Hall–Kier alpha value is -4.16. The number of nitrogens with zero attached hydrogens (tertiary/aromatic N) is 6. The molecule has 3 saturated heterocycles. The molecule has 1 spiro atoms. The van der Waals surface area contributed by atoms with Crippen LogP contribution in [-0.4, -0.2) is 125 Å². The van der Waals surface area contributed by atoms with Gasteiger partial charge in [0.1, 0.15) is 6.17 Å². The number of likely N-dealkylation sites (tertiary alicyclic amines) is 2. The van der Waals surface area contributed by atoms with E-state index in [1.165, 1.54) is 23.6 Å². The number of aliphatic carboxylic acids is 1. The van der Waals surface area contributed by atoms with Gasteiger partial charge in [-0.15, -0.1) is 5.10 Å². The van der Waals surface area contributed by atoms with Gasteiger partial charge in [0, 0.05) is 44.9 Å². The summed E-state index contributed by atoms with van der Waals surface area (Å²) in [5.74, 6) is -5.29. The zero-order valence-electron chi connectivity index (χ0n) is 29.9. The van der Waals surface area contributed by atoms with Crippen molar-refractivity contribution in [2.24, 2.45) is 5.41 Å². The van der Waals surface area contributed by atoms with Crippen molar-refractivity contribution in [3.8, 4) is 0 Å². The molecular weight excluding hydrogens is 720 g/mol. The van der Waals surface area contributed by atoms with Crippen LogP contribution in [0.1, 0.15) is 60.1 Å². The maximum absolute atomic E-state index is 15.8. The molecule has 2 aromatic heterocycles. The largest absolute Gasteiger partial charge is 0.490 e. The monoisotopic (exact) mass is 765 g/mol. The standard InChI is InChI=1S/C34H44F3N9O.C2HF3O2/c1-38-26-18-30(42-46-28(19-40-31(26)46)32(47)41-25-17-24(25)35)45-14-5-23-22(3-2-4-27(23)45)20-43-13-6-29(34(36,37)21-43)44-15-9-33(10-16-44)7-11-39-12-8-33;3-2(4,5)1(6)7/h2-4,18-19,24-25,29,38-39H,5-17,20-21H2,1H3,(H,41,47);(H,6,7)/t24-,25+,29+;/m0./s1. The van der Waals surface area contributed by atoms with Crippen LogP contribution in [0.2, 0.25) is 0 Å². The quantitative estimate of drug-likeness (QED) is 0.253. The molecule has 0 bridgehead atoms. The Labute approximate surface area is 308 Å². The van der Waals surface area contributed by atoms with E-state index in [2.05, 4.69) is 36.8 Å². The number of hydrogen-bond donors (Lipinski definition) is 4. The van der Waals surface area contributed by atoms with Crippen LogP contribution in [0.25, 0.3) is 5.65 Å². The van der Waals surface area contributed by atoms with Gasteiger partial charge >= 0.3 is 12.1 Å². The molecule has 294 valence electrons. The first-order valence-corrected chi connectivity index (χ1v) is 18.4. The molecule has 0 radical (unpaired) electrons. The van der Waals surface area contributed by atoms with E-state index >= 15 is 8.78 Å². The molecule has 4 fully saturated rings. The van der Waals surface area contributed by atoms with Crippen molar-refractivity contribution < 1.29 is 41.0 Å². The Morgan fingerprint density at radius 2 is 1.78 bits per heavy atom. The van der Waals surface area contributed by atoms with Gasteiger partial charge in [-0.25, -0.2) is 27.5 Å². The number of carboxylic acids is 1. The molecular formula is C36H45F6N9O3. The second-order valence-electron chi connectivity index (χ2n) is 15.1. The van der Waals surface area contributed by atoms with Crippen molar-refractivity contribution in [3.63, 3.8) is 0 Å². The van der Waals surface area contributed by atoms with Crippen molar-refractivity contribution in [1.82, 2.24) is 35.0 Å². The summed E-state index contributed by atoms with van der Waals surface area (Å²) < 4.78 is 78.3. The van der Waals surface area contributed by atoms with Crippen molar-refractivity contribution in [3.05, 3.63) is 47.3 Å². The molecule has 4 aliphatic heterocycles. The highest BCUT2D eigenvalue weighted by Crippen LogP contribution is 2.43. The fourth-order valence-corrected chi connectivity index (χ4v) is 8.47. The molecule has 12 nitrogen and oxygen atoms in total. The molecule has 3 aromatic rings. The zero-order valence-corrected chi connectivity index (χ0v) is 29.9. The van der Waals surface area contributed by atoms with E-state index < -0.39 is 42.2 Å². The highest BCUT2D eigenvalue weighted by molar-refractivity contribution is 5.94. The Kier molecular flexibility index (Phi) is 10.5. The van der Waals surface area contributed by atoms with E-state index in [0.29, 0.717) is 55.0 Å². The molecule has 1 amide bonds. The van der Waals surface area contributed by atoms with Crippen LogP contribution in [0.3, 0.4) is 0 Å². The summed E-state index contributed by atoms with van der Waals surface area (Å²) in [4.78, 5) is 32.3. The average Bonchev–Trinajstić information content (AvgIpc) is 3.47. The molecule has 6 heterocycles. The van der Waals surface area contributed by atoms with Crippen LogP contribution in [0, 0.1) is 5.41 Å². The summed E-state index contributed by atoms with van der Waals surface area (Å²) in [6, 6.07) is 6.83. The number of carboxylic acid groups (broad SMARTS) is 1. The number of benzene rings is 1. The van der Waals surface area contributed by atoms with Gasteiger partial charge in [0.05, 0.1) is 30.5 Å². The van der Waals surface area contributed by atoms with Crippen molar-refractivity contribution >= 4 is 34.7 Å². The number of fused-ring (bicyclic) bond motifs is 2. The van der Waals surface area contributed by atoms with Gasteiger partial charge in [-0.1, -0.05) is 12.1 Å². The van der Waals surface area contributed by atoms with Gasteiger partial charge < -0.3 is 26.0 Å². The number of carbonyl (C=O) groups is 2. The number of nitrogens with one attached hydrogen (secondary N) is 3. The summed E-state index contributed by atoms with van der Waals surface area (Å²) >= 11 is 0. The second-order valence-corrected chi connectivity index (χ2v) is 15.1. The molecule has 4 N–H and O–H groups in total. The minimum Gasteiger partial charge on any atom is -0.475 e. The van der Waals surface area contributed by atoms with Gasteiger partial charge in [0.15, 0.2) is 17.2 Å². The number of aromatic nitrogens is 3. The molecule has 54 heavy (non-hydrogen) atoms. The summed E-state index contributed by atoms with van der Waals surface area (Å²) in [6.45, 7) is 5.22. The predicted octanol–water partition coefficient (Wildman–Crippen LogP) is 4.61. The van der Waals surface area contributed by atoms with E-state index in [9.17, 15) is 22.4 Å². The molecule has 1 aromatic carbocycles. The van der Waals surface area contributed by atoms with Crippen LogP contribution in [-0.2, 0) is 17.8 Å². The van der Waals surface area contributed by atoms with Crippen molar-refractivity contribution in [2.45, 2.75) is 81.8 Å². The highest BCUT2D eigenvalue weighted by Gasteiger charge is 2.49. The number of carbonyl (C=O) groups excluding carboxylic acids is 1. The summed E-state index contributed by atoms with van der Waals surface area (Å²) in [7, 11) is 1.79. The lowest BCUT2D eigenvalue weighted by atomic mass is 9.71. The Balaban J connectivity index is 0.000000588. The highest BCUT2D eigenvalue weighted by atomic mass is 19.4. The van der Waals surface area contributed by atoms with Crippen LogP contribution in [0.4, 0.5) is 43.5 Å². The molecule has 3 atom stereocenters. The van der Waals surface area contributed by atoms with Gasteiger partial charge in [-0.2, -0.15) is 13.2 Å².